The summed E-state index contributed by atoms with van der Waals surface area (Å²) in [6.45, 7) is 0. The topological polar surface area (TPSA) is 54.9 Å². The van der Waals surface area contributed by atoms with E-state index in [0.29, 0.717) is 21.3 Å². The van der Waals surface area contributed by atoms with E-state index in [2.05, 4.69) is 14.9 Å². The predicted octanol–water partition coefficient (Wildman–Crippen LogP) is 4.25. The number of hydrogen-bond acceptors (Lipinski definition) is 4. The summed E-state index contributed by atoms with van der Waals surface area (Å²) in [5.41, 5.74) is 1.58. The van der Waals surface area contributed by atoms with Gasteiger partial charge in [-0.15, -0.1) is 5.10 Å². The molecule has 0 bridgehead atoms. The van der Waals surface area contributed by atoms with Crippen molar-refractivity contribution in [2.75, 3.05) is 5.32 Å². The van der Waals surface area contributed by atoms with Gasteiger partial charge in [0.2, 0.25) is 0 Å². The van der Waals surface area contributed by atoms with Crippen molar-refractivity contribution in [2.24, 2.45) is 0 Å². The molecule has 110 valence electrons. The quantitative estimate of drug-likeness (QED) is 0.779. The van der Waals surface area contributed by atoms with Gasteiger partial charge in [0.05, 0.1) is 0 Å². The number of hydrogen-bond donors (Lipinski definition) is 1. The Morgan fingerprint density at radius 1 is 1.18 bits per heavy atom. The average Bonchev–Trinajstić information content (AvgIpc) is 2.97. The highest BCUT2D eigenvalue weighted by Gasteiger charge is 2.18. The van der Waals surface area contributed by atoms with Gasteiger partial charge in [-0.2, -0.15) is 0 Å². The molecule has 1 aromatic heterocycles. The summed E-state index contributed by atoms with van der Waals surface area (Å²) >= 11 is 6.83. The van der Waals surface area contributed by atoms with Gasteiger partial charge in [-0.3, -0.25) is 4.79 Å². The van der Waals surface area contributed by atoms with E-state index < -0.39 is 5.82 Å². The molecule has 0 aliphatic rings. The van der Waals surface area contributed by atoms with Crippen molar-refractivity contribution in [2.45, 2.75) is 0 Å². The Hall–Kier alpha value is -2.31. The van der Waals surface area contributed by atoms with Crippen molar-refractivity contribution in [3.8, 4) is 11.3 Å². The van der Waals surface area contributed by atoms with E-state index in [1.165, 1.54) is 18.2 Å². The maximum atomic E-state index is 13.2. The molecule has 0 radical (unpaired) electrons. The number of nitrogens with zero attached hydrogens (tertiary/aromatic N) is 2. The minimum absolute atomic E-state index is 0.353. The molecule has 3 aromatic rings. The predicted molar refractivity (Wildman–Crippen MR) is 84.7 cm³/mol. The third-order valence-corrected chi connectivity index (χ3v) is 3.87. The van der Waals surface area contributed by atoms with E-state index >= 15 is 0 Å². The molecule has 3 rings (SSSR count). The van der Waals surface area contributed by atoms with Gasteiger partial charge >= 0.3 is 0 Å². The minimum atomic E-state index is -0.418. The Bertz CT molecular complexity index is 820. The second kappa shape index (κ2) is 6.21. The van der Waals surface area contributed by atoms with E-state index in [9.17, 15) is 9.18 Å². The van der Waals surface area contributed by atoms with E-state index in [1.54, 1.807) is 30.3 Å². The maximum Gasteiger partial charge on any atom is 0.269 e. The molecule has 0 unspecified atom stereocenters. The third-order valence-electron chi connectivity index (χ3n) is 2.89. The zero-order valence-electron chi connectivity index (χ0n) is 11.1. The number of anilines is 1. The standard InChI is InChI=1S/C15H9ClFN3OS/c16-10-6-4-9(5-7-10)13-14(22-20-19-13)15(21)18-12-3-1-2-11(17)8-12/h1-8H,(H,18,21). The number of carbonyl (C=O) groups excluding carboxylic acids is 1. The van der Waals surface area contributed by atoms with E-state index in [0.717, 1.165) is 17.1 Å². The van der Waals surface area contributed by atoms with Crippen LogP contribution >= 0.6 is 23.1 Å². The van der Waals surface area contributed by atoms with Crippen LogP contribution in [-0.2, 0) is 0 Å². The number of nitrogens with one attached hydrogen (secondary N) is 1. The summed E-state index contributed by atoms with van der Waals surface area (Å²) in [4.78, 5) is 12.7. The first-order valence-corrected chi connectivity index (χ1v) is 7.44. The molecule has 0 saturated heterocycles. The lowest BCUT2D eigenvalue weighted by atomic mass is 10.1. The van der Waals surface area contributed by atoms with E-state index in [1.807, 2.05) is 0 Å². The molecule has 2 aromatic carbocycles. The summed E-state index contributed by atoms with van der Waals surface area (Å²) in [7, 11) is 0. The zero-order chi connectivity index (χ0) is 15.5. The molecule has 0 spiro atoms. The van der Waals surface area contributed by atoms with Gasteiger partial charge in [0.25, 0.3) is 5.91 Å². The Morgan fingerprint density at radius 2 is 1.95 bits per heavy atom. The van der Waals surface area contributed by atoms with Crippen molar-refractivity contribution in [1.82, 2.24) is 9.59 Å². The number of halogens is 2. The second-order valence-corrected chi connectivity index (χ2v) is 5.61. The van der Waals surface area contributed by atoms with Gasteiger partial charge in [-0.05, 0) is 41.9 Å². The Morgan fingerprint density at radius 3 is 2.68 bits per heavy atom. The normalized spacial score (nSPS) is 10.5. The van der Waals surface area contributed by atoms with Crippen molar-refractivity contribution >= 4 is 34.7 Å². The zero-order valence-corrected chi connectivity index (χ0v) is 12.7. The first-order chi connectivity index (χ1) is 10.6. The fourth-order valence-electron chi connectivity index (χ4n) is 1.89. The molecule has 0 aliphatic heterocycles. The lowest BCUT2D eigenvalue weighted by molar-refractivity contribution is 0.103. The molecular weight excluding hydrogens is 325 g/mol. The van der Waals surface area contributed by atoms with Crippen LogP contribution in [0.5, 0.6) is 0 Å². The van der Waals surface area contributed by atoms with Crippen LogP contribution in [0.1, 0.15) is 9.67 Å². The highest BCUT2D eigenvalue weighted by Crippen LogP contribution is 2.26. The Labute approximate surface area is 134 Å². The van der Waals surface area contributed by atoms with E-state index in [4.69, 9.17) is 11.6 Å². The third kappa shape index (κ3) is 3.13. The smallest absolute Gasteiger partial charge is 0.269 e. The van der Waals surface area contributed by atoms with Crippen LogP contribution in [0, 0.1) is 5.82 Å². The van der Waals surface area contributed by atoms with Crippen LogP contribution in [0.15, 0.2) is 48.5 Å². The van der Waals surface area contributed by atoms with Gasteiger partial charge in [0, 0.05) is 16.3 Å². The van der Waals surface area contributed by atoms with Crippen LogP contribution in [-0.4, -0.2) is 15.5 Å². The minimum Gasteiger partial charge on any atom is -0.321 e. The summed E-state index contributed by atoms with van der Waals surface area (Å²) in [6.07, 6.45) is 0. The number of rotatable bonds is 3. The molecular formula is C15H9ClFN3OS. The average molecular weight is 334 g/mol. The SMILES string of the molecule is O=C(Nc1cccc(F)c1)c1snnc1-c1ccc(Cl)cc1. The molecule has 0 fully saturated rings. The van der Waals surface area contributed by atoms with Gasteiger partial charge in [0.15, 0.2) is 0 Å². The van der Waals surface area contributed by atoms with Gasteiger partial charge in [0.1, 0.15) is 16.4 Å². The molecule has 0 atom stereocenters. The highest BCUT2D eigenvalue weighted by molar-refractivity contribution is 7.08. The lowest BCUT2D eigenvalue weighted by Gasteiger charge is -2.05. The largest absolute Gasteiger partial charge is 0.321 e. The molecule has 1 amide bonds. The van der Waals surface area contributed by atoms with E-state index in [-0.39, 0.29) is 5.91 Å². The first-order valence-electron chi connectivity index (χ1n) is 6.29. The molecule has 7 heteroatoms. The van der Waals surface area contributed by atoms with Crippen molar-refractivity contribution < 1.29 is 9.18 Å². The number of benzene rings is 2. The summed E-state index contributed by atoms with van der Waals surface area (Å²) < 4.78 is 17.0. The number of aromatic nitrogens is 2. The second-order valence-electron chi connectivity index (χ2n) is 4.42. The van der Waals surface area contributed by atoms with Crippen molar-refractivity contribution in [3.63, 3.8) is 0 Å². The molecule has 1 N–H and O–H groups in total. The first kappa shape index (κ1) is 14.6. The molecule has 22 heavy (non-hydrogen) atoms. The molecule has 1 heterocycles. The van der Waals surface area contributed by atoms with Crippen LogP contribution in [0.25, 0.3) is 11.3 Å². The highest BCUT2D eigenvalue weighted by atomic mass is 35.5. The fraction of sp³-hybridized carbons (Fsp3) is 0. The summed E-state index contributed by atoms with van der Waals surface area (Å²) in [5.74, 6) is -0.802. The van der Waals surface area contributed by atoms with Gasteiger partial charge in [-0.25, -0.2) is 4.39 Å². The number of carbonyl (C=O) groups is 1. The Balaban J connectivity index is 1.88. The van der Waals surface area contributed by atoms with Crippen LogP contribution in [0.2, 0.25) is 5.02 Å². The summed E-state index contributed by atoms with van der Waals surface area (Å²) in [6, 6.07) is 12.6. The van der Waals surface area contributed by atoms with Crippen molar-refractivity contribution in [3.05, 3.63) is 64.2 Å². The van der Waals surface area contributed by atoms with Gasteiger partial charge in [-0.1, -0.05) is 34.3 Å². The van der Waals surface area contributed by atoms with Gasteiger partial charge < -0.3 is 5.32 Å². The molecule has 0 saturated carbocycles. The maximum absolute atomic E-state index is 13.2. The van der Waals surface area contributed by atoms with Crippen molar-refractivity contribution in [1.29, 1.82) is 0 Å². The Kier molecular flexibility index (Phi) is 4.13. The molecule has 4 nitrogen and oxygen atoms in total. The monoisotopic (exact) mass is 333 g/mol. The lowest BCUT2D eigenvalue weighted by Crippen LogP contribution is -2.11. The number of amides is 1. The fourth-order valence-corrected chi connectivity index (χ4v) is 2.60. The van der Waals surface area contributed by atoms with Crippen LogP contribution in [0.3, 0.4) is 0 Å². The summed E-state index contributed by atoms with van der Waals surface area (Å²) in [5, 5.41) is 7.21. The van der Waals surface area contributed by atoms with Crippen LogP contribution < -0.4 is 5.32 Å². The molecule has 0 aliphatic carbocycles. The van der Waals surface area contributed by atoms with Crippen LogP contribution in [0.4, 0.5) is 10.1 Å².